The average molecular weight is 433 g/mol. The molecule has 1 amide bonds. The first-order valence-electron chi connectivity index (χ1n) is 9.91. The Morgan fingerprint density at radius 2 is 1.93 bits per heavy atom. The maximum absolute atomic E-state index is 13.1. The molecule has 7 nitrogen and oxygen atoms in total. The fourth-order valence-corrected chi connectivity index (χ4v) is 5.96. The van der Waals surface area contributed by atoms with Crippen LogP contribution >= 0.6 is 12.4 Å². The van der Waals surface area contributed by atoms with Crippen LogP contribution in [0.1, 0.15) is 50.0 Å². The number of rotatable bonds is 4. The van der Waals surface area contributed by atoms with E-state index >= 15 is 0 Å². The van der Waals surface area contributed by atoms with Gasteiger partial charge in [0.1, 0.15) is 10.6 Å². The summed E-state index contributed by atoms with van der Waals surface area (Å²) in [5, 5.41) is 0. The Bertz CT molecular complexity index is 795. The topological polar surface area (TPSA) is 88.6 Å². The molecule has 0 saturated carbocycles. The van der Waals surface area contributed by atoms with E-state index in [9.17, 15) is 13.2 Å². The van der Waals surface area contributed by atoms with Crippen molar-refractivity contribution in [1.82, 2.24) is 13.8 Å². The van der Waals surface area contributed by atoms with Crippen molar-refractivity contribution >= 4 is 28.3 Å². The largest absolute Gasteiger partial charge is 0.345 e. The number of nitrogens with two attached hydrogens (primary N) is 1. The number of aromatic nitrogens is 1. The summed E-state index contributed by atoms with van der Waals surface area (Å²) in [6.07, 6.45) is 5.33. The minimum atomic E-state index is -3.57. The molecule has 2 aliphatic rings. The van der Waals surface area contributed by atoms with Crippen LogP contribution in [0.4, 0.5) is 0 Å². The van der Waals surface area contributed by atoms with E-state index < -0.39 is 10.0 Å². The lowest BCUT2D eigenvalue weighted by Crippen LogP contribution is -2.49. The van der Waals surface area contributed by atoms with E-state index in [1.165, 1.54) is 6.07 Å². The summed E-state index contributed by atoms with van der Waals surface area (Å²) < 4.78 is 29.2. The third kappa shape index (κ3) is 4.56. The van der Waals surface area contributed by atoms with Crippen LogP contribution in [0.5, 0.6) is 0 Å². The van der Waals surface area contributed by atoms with Crippen LogP contribution in [0.3, 0.4) is 0 Å². The average Bonchev–Trinajstić information content (AvgIpc) is 3.03. The molecule has 3 unspecified atom stereocenters. The number of carbonyl (C=O) groups excluding carboxylic acids is 1. The molecule has 2 saturated heterocycles. The van der Waals surface area contributed by atoms with E-state index in [2.05, 4.69) is 13.8 Å². The van der Waals surface area contributed by atoms with Gasteiger partial charge >= 0.3 is 0 Å². The number of amides is 1. The summed E-state index contributed by atoms with van der Waals surface area (Å²) in [7, 11) is -1.84. The van der Waals surface area contributed by atoms with Crippen molar-refractivity contribution in [1.29, 1.82) is 0 Å². The Morgan fingerprint density at radius 1 is 1.21 bits per heavy atom. The van der Waals surface area contributed by atoms with Crippen LogP contribution in [-0.2, 0) is 17.1 Å². The molecule has 0 aromatic carbocycles. The Balaban J connectivity index is 0.00000280. The van der Waals surface area contributed by atoms with Crippen molar-refractivity contribution in [3.8, 4) is 0 Å². The van der Waals surface area contributed by atoms with Gasteiger partial charge in [0.15, 0.2) is 0 Å². The second-order valence-electron chi connectivity index (χ2n) is 8.30. The van der Waals surface area contributed by atoms with Gasteiger partial charge < -0.3 is 15.2 Å². The van der Waals surface area contributed by atoms with E-state index in [1.54, 1.807) is 22.1 Å². The van der Waals surface area contributed by atoms with Crippen LogP contribution in [-0.4, -0.2) is 60.3 Å². The monoisotopic (exact) mass is 432 g/mol. The Morgan fingerprint density at radius 3 is 2.57 bits per heavy atom. The Kier molecular flexibility index (Phi) is 7.58. The first kappa shape index (κ1) is 23.2. The van der Waals surface area contributed by atoms with Gasteiger partial charge in [-0.1, -0.05) is 13.8 Å². The van der Waals surface area contributed by atoms with Gasteiger partial charge in [0.25, 0.3) is 5.91 Å². The minimum absolute atomic E-state index is 0. The molecular weight excluding hydrogens is 400 g/mol. The molecule has 160 valence electrons. The molecule has 3 rings (SSSR count). The summed E-state index contributed by atoms with van der Waals surface area (Å²) in [4.78, 5) is 15.1. The third-order valence-corrected chi connectivity index (χ3v) is 7.80. The van der Waals surface area contributed by atoms with Gasteiger partial charge in [0.2, 0.25) is 10.0 Å². The predicted octanol–water partition coefficient (Wildman–Crippen LogP) is 2.07. The number of hydrogen-bond acceptors (Lipinski definition) is 4. The molecule has 1 aromatic heterocycles. The highest BCUT2D eigenvalue weighted by Crippen LogP contribution is 2.27. The van der Waals surface area contributed by atoms with Gasteiger partial charge in [-0.2, -0.15) is 4.31 Å². The molecule has 2 N–H and O–H groups in total. The summed E-state index contributed by atoms with van der Waals surface area (Å²) in [5.41, 5.74) is 6.30. The molecule has 0 radical (unpaired) electrons. The number of hydrogen-bond donors (Lipinski definition) is 1. The molecule has 9 heteroatoms. The third-order valence-electron chi connectivity index (χ3n) is 5.97. The van der Waals surface area contributed by atoms with Crippen LogP contribution in [0, 0.1) is 11.8 Å². The van der Waals surface area contributed by atoms with E-state index in [1.807, 2.05) is 4.90 Å². The van der Waals surface area contributed by atoms with Crippen LogP contribution in [0.15, 0.2) is 17.2 Å². The van der Waals surface area contributed by atoms with Crippen molar-refractivity contribution in [3.63, 3.8) is 0 Å². The number of piperidine rings is 2. The van der Waals surface area contributed by atoms with Crippen molar-refractivity contribution in [2.75, 3.05) is 26.2 Å². The van der Waals surface area contributed by atoms with Crippen molar-refractivity contribution in [2.45, 2.75) is 50.5 Å². The van der Waals surface area contributed by atoms with E-state index in [0.717, 1.165) is 25.7 Å². The van der Waals surface area contributed by atoms with Gasteiger partial charge in [-0.3, -0.25) is 4.79 Å². The number of nitrogens with zero attached hydrogens (tertiary/aromatic N) is 3. The summed E-state index contributed by atoms with van der Waals surface area (Å²) in [6, 6.07) is 1.54. The molecule has 1 aromatic rings. The second kappa shape index (κ2) is 9.15. The maximum Gasteiger partial charge on any atom is 0.270 e. The predicted molar refractivity (Wildman–Crippen MR) is 112 cm³/mol. The van der Waals surface area contributed by atoms with E-state index in [0.29, 0.717) is 43.7 Å². The lowest BCUT2D eigenvalue weighted by Gasteiger charge is -2.38. The number of likely N-dealkylation sites (tertiary alicyclic amines) is 1. The lowest BCUT2D eigenvalue weighted by molar-refractivity contribution is 0.0564. The molecule has 3 atom stereocenters. The number of sulfonamides is 1. The van der Waals surface area contributed by atoms with Crippen LogP contribution < -0.4 is 5.73 Å². The van der Waals surface area contributed by atoms with E-state index in [-0.39, 0.29) is 29.3 Å². The van der Waals surface area contributed by atoms with Crippen LogP contribution in [0.2, 0.25) is 0 Å². The van der Waals surface area contributed by atoms with Crippen molar-refractivity contribution in [2.24, 2.45) is 24.6 Å². The maximum atomic E-state index is 13.1. The zero-order valence-corrected chi connectivity index (χ0v) is 18.6. The summed E-state index contributed by atoms with van der Waals surface area (Å²) >= 11 is 0. The van der Waals surface area contributed by atoms with Gasteiger partial charge in [-0.15, -0.1) is 12.4 Å². The van der Waals surface area contributed by atoms with Crippen molar-refractivity contribution in [3.05, 3.63) is 18.0 Å². The second-order valence-corrected chi connectivity index (χ2v) is 10.2. The highest BCUT2D eigenvalue weighted by atomic mass is 35.5. The van der Waals surface area contributed by atoms with Gasteiger partial charge in [-0.05, 0) is 43.6 Å². The Hall–Kier alpha value is -1.09. The van der Waals surface area contributed by atoms with Crippen LogP contribution in [0.25, 0.3) is 0 Å². The summed E-state index contributed by atoms with van der Waals surface area (Å²) in [6.45, 7) is 6.43. The number of carbonyl (C=O) groups is 1. The zero-order chi connectivity index (χ0) is 19.8. The van der Waals surface area contributed by atoms with Gasteiger partial charge in [0.05, 0.1) is 0 Å². The van der Waals surface area contributed by atoms with Gasteiger partial charge in [0, 0.05) is 45.5 Å². The zero-order valence-electron chi connectivity index (χ0n) is 17.0. The lowest BCUT2D eigenvalue weighted by atomic mass is 9.92. The molecular formula is C19H33ClN4O3S. The SMILES string of the molecule is CC1CCN(C(=O)c2cc(S(=O)(=O)N3CCCC(C)C3)cn2C)C(CN)C1.Cl. The molecule has 3 heterocycles. The minimum Gasteiger partial charge on any atom is -0.345 e. The molecule has 28 heavy (non-hydrogen) atoms. The fourth-order valence-electron chi connectivity index (χ4n) is 4.29. The first-order valence-corrected chi connectivity index (χ1v) is 11.4. The standard InChI is InChI=1S/C19H32N4O3S.ClH/c1-14-6-8-23(16(9-14)11-20)19(24)18-10-17(13-21(18)3)27(25,26)22-7-4-5-15(2)12-22;/h10,13-16H,4-9,11-12,20H2,1-3H3;1H. The summed E-state index contributed by atoms with van der Waals surface area (Å²) in [5.74, 6) is 0.778. The van der Waals surface area contributed by atoms with E-state index in [4.69, 9.17) is 5.73 Å². The smallest absolute Gasteiger partial charge is 0.270 e. The number of halogens is 1. The number of aryl methyl sites for hydroxylation is 1. The first-order chi connectivity index (χ1) is 12.7. The quantitative estimate of drug-likeness (QED) is 0.788. The molecule has 0 bridgehead atoms. The Labute approximate surface area is 174 Å². The van der Waals surface area contributed by atoms with Gasteiger partial charge in [-0.25, -0.2) is 8.42 Å². The molecule has 0 aliphatic carbocycles. The molecule has 2 aliphatic heterocycles. The fraction of sp³-hybridized carbons (Fsp3) is 0.737. The highest BCUT2D eigenvalue weighted by Gasteiger charge is 2.34. The van der Waals surface area contributed by atoms with Crippen molar-refractivity contribution < 1.29 is 13.2 Å². The molecule has 2 fully saturated rings. The highest BCUT2D eigenvalue weighted by molar-refractivity contribution is 7.89. The molecule has 0 spiro atoms. The normalized spacial score (nSPS) is 26.7.